The van der Waals surface area contributed by atoms with Crippen molar-refractivity contribution in [1.29, 1.82) is 0 Å². The zero-order valence-electron chi connectivity index (χ0n) is 6.83. The molecule has 66 valence electrons. The molecule has 0 aromatic heterocycles. The van der Waals surface area contributed by atoms with Gasteiger partial charge in [0.05, 0.1) is 5.54 Å². The van der Waals surface area contributed by atoms with Gasteiger partial charge in [-0.2, -0.15) is 0 Å². The summed E-state index contributed by atoms with van der Waals surface area (Å²) < 4.78 is 12.5. The van der Waals surface area contributed by atoms with Crippen LogP contribution in [0.3, 0.4) is 0 Å². The lowest BCUT2D eigenvalue weighted by Crippen LogP contribution is -2.46. The van der Waals surface area contributed by atoms with Crippen LogP contribution in [-0.4, -0.2) is 13.2 Å². The molecule has 1 unspecified atom stereocenters. The summed E-state index contributed by atoms with van der Waals surface area (Å²) in [5, 5.41) is 0. The van der Waals surface area contributed by atoms with Crippen LogP contribution < -0.4 is 11.5 Å². The van der Waals surface area contributed by atoms with E-state index in [0.717, 1.165) is 5.56 Å². The minimum Gasteiger partial charge on any atom is -0.328 e. The fraction of sp³-hybridized carbons (Fsp3) is 0.333. The van der Waals surface area contributed by atoms with E-state index in [4.69, 9.17) is 11.5 Å². The van der Waals surface area contributed by atoms with Gasteiger partial charge in [-0.3, -0.25) is 0 Å². The SMILES string of the molecule is NCC(N)(CF)c1ccccc1. The summed E-state index contributed by atoms with van der Waals surface area (Å²) in [5.74, 6) is 0. The van der Waals surface area contributed by atoms with Gasteiger partial charge in [0.15, 0.2) is 0 Å². The summed E-state index contributed by atoms with van der Waals surface area (Å²) in [7, 11) is 0. The molecule has 0 fully saturated rings. The van der Waals surface area contributed by atoms with Gasteiger partial charge in [-0.1, -0.05) is 30.3 Å². The number of benzene rings is 1. The number of alkyl halides is 1. The third-order valence-corrected chi connectivity index (χ3v) is 1.95. The van der Waals surface area contributed by atoms with E-state index in [-0.39, 0.29) is 6.54 Å². The maximum absolute atomic E-state index is 12.5. The van der Waals surface area contributed by atoms with Crippen molar-refractivity contribution in [2.45, 2.75) is 5.54 Å². The van der Waals surface area contributed by atoms with Crippen LogP contribution in [0, 0.1) is 0 Å². The molecule has 2 nitrogen and oxygen atoms in total. The molecule has 0 radical (unpaired) electrons. The summed E-state index contributed by atoms with van der Waals surface area (Å²) in [6.07, 6.45) is 0. The topological polar surface area (TPSA) is 52.0 Å². The van der Waals surface area contributed by atoms with Crippen molar-refractivity contribution in [3.05, 3.63) is 35.9 Å². The Balaban J connectivity index is 2.95. The first-order valence-electron chi connectivity index (χ1n) is 3.83. The van der Waals surface area contributed by atoms with Crippen molar-refractivity contribution < 1.29 is 4.39 Å². The van der Waals surface area contributed by atoms with Gasteiger partial charge < -0.3 is 11.5 Å². The van der Waals surface area contributed by atoms with E-state index in [2.05, 4.69) is 0 Å². The smallest absolute Gasteiger partial charge is 0.113 e. The number of halogens is 1. The molecule has 0 saturated heterocycles. The van der Waals surface area contributed by atoms with Crippen molar-refractivity contribution in [2.24, 2.45) is 11.5 Å². The lowest BCUT2D eigenvalue weighted by molar-refractivity contribution is 0.319. The summed E-state index contributed by atoms with van der Waals surface area (Å²) in [6, 6.07) is 9.07. The largest absolute Gasteiger partial charge is 0.328 e. The Bertz CT molecular complexity index is 232. The molecular formula is C9H13FN2. The highest BCUT2D eigenvalue weighted by Gasteiger charge is 2.24. The number of rotatable bonds is 3. The van der Waals surface area contributed by atoms with Gasteiger partial charge in [-0.25, -0.2) is 4.39 Å². The lowest BCUT2D eigenvalue weighted by Gasteiger charge is -2.24. The van der Waals surface area contributed by atoms with Gasteiger partial charge in [0.1, 0.15) is 6.67 Å². The van der Waals surface area contributed by atoms with E-state index in [1.165, 1.54) is 0 Å². The second kappa shape index (κ2) is 3.65. The molecule has 1 aromatic rings. The maximum atomic E-state index is 12.5. The van der Waals surface area contributed by atoms with Crippen LogP contribution in [0.25, 0.3) is 0 Å². The van der Waals surface area contributed by atoms with Crippen molar-refractivity contribution in [3.63, 3.8) is 0 Å². The number of hydrogen-bond acceptors (Lipinski definition) is 2. The van der Waals surface area contributed by atoms with Gasteiger partial charge >= 0.3 is 0 Å². The van der Waals surface area contributed by atoms with Crippen molar-refractivity contribution in [2.75, 3.05) is 13.2 Å². The highest BCUT2D eigenvalue weighted by molar-refractivity contribution is 5.24. The minimum atomic E-state index is -1.01. The van der Waals surface area contributed by atoms with Crippen LogP contribution >= 0.6 is 0 Å². The monoisotopic (exact) mass is 168 g/mol. The van der Waals surface area contributed by atoms with Gasteiger partial charge in [0.25, 0.3) is 0 Å². The molecule has 0 amide bonds. The van der Waals surface area contributed by atoms with Crippen LogP contribution in [0.15, 0.2) is 30.3 Å². The molecule has 12 heavy (non-hydrogen) atoms. The predicted molar refractivity (Wildman–Crippen MR) is 47.3 cm³/mol. The van der Waals surface area contributed by atoms with E-state index < -0.39 is 12.2 Å². The number of nitrogens with two attached hydrogens (primary N) is 2. The van der Waals surface area contributed by atoms with E-state index in [9.17, 15) is 4.39 Å². The molecule has 1 atom stereocenters. The molecule has 0 heterocycles. The van der Waals surface area contributed by atoms with Crippen LogP contribution in [0.2, 0.25) is 0 Å². The molecule has 1 aromatic carbocycles. The molecule has 0 spiro atoms. The molecule has 0 aliphatic rings. The molecule has 0 aliphatic heterocycles. The minimum absolute atomic E-state index is 0.119. The lowest BCUT2D eigenvalue weighted by atomic mass is 9.93. The average Bonchev–Trinajstić information content (AvgIpc) is 2.18. The fourth-order valence-electron chi connectivity index (χ4n) is 1.02. The maximum Gasteiger partial charge on any atom is 0.113 e. The van der Waals surface area contributed by atoms with Gasteiger partial charge in [-0.15, -0.1) is 0 Å². The van der Waals surface area contributed by atoms with Gasteiger partial charge in [-0.05, 0) is 5.56 Å². The zero-order chi connectivity index (χ0) is 9.03. The Labute approximate surface area is 71.4 Å². The van der Waals surface area contributed by atoms with Crippen LogP contribution in [0.5, 0.6) is 0 Å². The van der Waals surface area contributed by atoms with Crippen LogP contribution in [-0.2, 0) is 5.54 Å². The Morgan fingerprint density at radius 2 is 1.83 bits per heavy atom. The Kier molecular flexibility index (Phi) is 2.78. The second-order valence-corrected chi connectivity index (χ2v) is 2.86. The van der Waals surface area contributed by atoms with E-state index in [0.29, 0.717) is 0 Å². The highest BCUT2D eigenvalue weighted by atomic mass is 19.1. The second-order valence-electron chi connectivity index (χ2n) is 2.86. The first-order valence-corrected chi connectivity index (χ1v) is 3.83. The molecule has 0 aliphatic carbocycles. The van der Waals surface area contributed by atoms with E-state index >= 15 is 0 Å². The summed E-state index contributed by atoms with van der Waals surface area (Å²) in [5.41, 5.74) is 10.8. The van der Waals surface area contributed by atoms with Crippen LogP contribution in [0.1, 0.15) is 5.56 Å². The quantitative estimate of drug-likeness (QED) is 0.700. The van der Waals surface area contributed by atoms with Gasteiger partial charge in [0.2, 0.25) is 0 Å². The molecular weight excluding hydrogens is 155 g/mol. The number of hydrogen-bond donors (Lipinski definition) is 2. The van der Waals surface area contributed by atoms with Gasteiger partial charge in [0, 0.05) is 6.54 Å². The first-order chi connectivity index (χ1) is 5.73. The summed E-state index contributed by atoms with van der Waals surface area (Å²) >= 11 is 0. The zero-order valence-corrected chi connectivity index (χ0v) is 6.83. The van der Waals surface area contributed by atoms with Crippen molar-refractivity contribution in [1.82, 2.24) is 0 Å². The Hall–Kier alpha value is -0.930. The summed E-state index contributed by atoms with van der Waals surface area (Å²) in [6.45, 7) is -0.513. The third-order valence-electron chi connectivity index (χ3n) is 1.95. The Morgan fingerprint density at radius 1 is 1.25 bits per heavy atom. The molecule has 1 rings (SSSR count). The van der Waals surface area contributed by atoms with E-state index in [1.54, 1.807) is 12.1 Å². The standard InChI is InChI=1S/C9H13FN2/c10-6-9(12,7-11)8-4-2-1-3-5-8/h1-5H,6-7,11-12H2. The predicted octanol–water partition coefficient (Wildman–Crippen LogP) is 0.769. The van der Waals surface area contributed by atoms with Crippen LogP contribution in [0.4, 0.5) is 4.39 Å². The molecule has 3 heteroatoms. The fourth-order valence-corrected chi connectivity index (χ4v) is 1.02. The average molecular weight is 168 g/mol. The first kappa shape index (κ1) is 9.16. The molecule has 0 bridgehead atoms. The Morgan fingerprint density at radius 3 is 2.25 bits per heavy atom. The van der Waals surface area contributed by atoms with Crippen molar-refractivity contribution in [3.8, 4) is 0 Å². The normalized spacial score (nSPS) is 15.6. The van der Waals surface area contributed by atoms with Crippen molar-refractivity contribution >= 4 is 0 Å². The highest BCUT2D eigenvalue weighted by Crippen LogP contribution is 2.16. The third kappa shape index (κ3) is 1.62. The summed E-state index contributed by atoms with van der Waals surface area (Å²) in [4.78, 5) is 0. The molecule has 0 saturated carbocycles. The van der Waals surface area contributed by atoms with E-state index in [1.807, 2.05) is 18.2 Å². The molecule has 4 N–H and O–H groups in total.